The number of hydrogen-bond acceptors (Lipinski definition) is 6. The minimum Gasteiger partial charge on any atom is -0.497 e. The smallest absolute Gasteiger partial charge is 0.256 e. The van der Waals surface area contributed by atoms with Gasteiger partial charge in [0, 0.05) is 38.4 Å². The standard InChI is InChI=1S/C27H33Cl2N5O3S/c1-3-31-13-15-32(16-14-31)11-4-12-33-24(18-25(35)30-19-5-8-21(37-2)9-6-19)26(36)34(27(33)38)20-7-10-22(28)23(29)17-20/h5-10,17,24H,3-4,11-16,18H2,1-2H3,(H,30,35). The van der Waals surface area contributed by atoms with Crippen molar-refractivity contribution in [3.8, 4) is 5.75 Å². The zero-order chi connectivity index (χ0) is 27.2. The molecule has 2 saturated heterocycles. The molecule has 2 heterocycles. The molecule has 8 nitrogen and oxygen atoms in total. The molecule has 2 aromatic rings. The van der Waals surface area contributed by atoms with Crippen LogP contribution in [0.25, 0.3) is 0 Å². The van der Waals surface area contributed by atoms with E-state index in [0.717, 1.165) is 45.7 Å². The average Bonchev–Trinajstić information content (AvgIpc) is 3.15. The van der Waals surface area contributed by atoms with Gasteiger partial charge in [0.25, 0.3) is 5.91 Å². The van der Waals surface area contributed by atoms with Crippen LogP contribution >= 0.6 is 35.4 Å². The van der Waals surface area contributed by atoms with Crippen molar-refractivity contribution in [1.82, 2.24) is 14.7 Å². The number of piperazine rings is 1. The molecule has 4 rings (SSSR count). The van der Waals surface area contributed by atoms with E-state index >= 15 is 0 Å². The summed E-state index contributed by atoms with van der Waals surface area (Å²) in [4.78, 5) is 34.9. The third-order valence-corrected chi connectivity index (χ3v) is 8.17. The molecule has 2 aliphatic rings. The number of likely N-dealkylation sites (N-methyl/N-ethyl adjacent to an activating group) is 1. The van der Waals surface area contributed by atoms with Gasteiger partial charge in [-0.2, -0.15) is 0 Å². The first kappa shape index (κ1) is 28.6. The maximum absolute atomic E-state index is 13.6. The van der Waals surface area contributed by atoms with Crippen LogP contribution in [0.5, 0.6) is 5.75 Å². The Morgan fingerprint density at radius 1 is 1.03 bits per heavy atom. The number of methoxy groups -OCH3 is 1. The van der Waals surface area contributed by atoms with Crippen molar-refractivity contribution in [2.75, 3.05) is 63.1 Å². The highest BCUT2D eigenvalue weighted by Crippen LogP contribution is 2.32. The van der Waals surface area contributed by atoms with E-state index < -0.39 is 6.04 Å². The number of nitrogens with one attached hydrogen (secondary N) is 1. The van der Waals surface area contributed by atoms with Crippen LogP contribution in [-0.2, 0) is 9.59 Å². The molecule has 1 atom stereocenters. The van der Waals surface area contributed by atoms with Gasteiger partial charge in [-0.05, 0) is 74.2 Å². The highest BCUT2D eigenvalue weighted by Gasteiger charge is 2.44. The summed E-state index contributed by atoms with van der Waals surface area (Å²) >= 11 is 18.1. The maximum Gasteiger partial charge on any atom is 0.256 e. The number of rotatable bonds is 10. The Kier molecular flexibility index (Phi) is 9.84. The van der Waals surface area contributed by atoms with Crippen LogP contribution in [0.15, 0.2) is 42.5 Å². The SMILES string of the molecule is CCN1CCN(CCCN2C(=S)N(c3ccc(Cl)c(Cl)c3)C(=O)C2CC(=O)Nc2ccc(OC)cc2)CC1. The summed E-state index contributed by atoms with van der Waals surface area (Å²) in [6.45, 7) is 8.92. The third-order valence-electron chi connectivity index (χ3n) is 7.02. The molecule has 0 bridgehead atoms. The molecule has 0 aromatic heterocycles. The number of nitrogens with zero attached hydrogens (tertiary/aromatic N) is 4. The molecule has 11 heteroatoms. The van der Waals surface area contributed by atoms with Gasteiger partial charge in [-0.3, -0.25) is 14.5 Å². The largest absolute Gasteiger partial charge is 0.497 e. The second-order valence-corrected chi connectivity index (χ2v) is 10.6. The van der Waals surface area contributed by atoms with Crippen LogP contribution < -0.4 is 15.0 Å². The first-order valence-electron chi connectivity index (χ1n) is 12.8. The third kappa shape index (κ3) is 6.76. The fourth-order valence-electron chi connectivity index (χ4n) is 4.80. The van der Waals surface area contributed by atoms with Crippen molar-refractivity contribution >= 4 is 63.7 Å². The molecule has 0 radical (unpaired) electrons. The molecule has 0 aliphatic carbocycles. The monoisotopic (exact) mass is 577 g/mol. The molecule has 38 heavy (non-hydrogen) atoms. The molecule has 2 fully saturated rings. The van der Waals surface area contributed by atoms with Gasteiger partial charge in [0.05, 0.1) is 29.3 Å². The van der Waals surface area contributed by atoms with Crippen molar-refractivity contribution in [2.45, 2.75) is 25.8 Å². The lowest BCUT2D eigenvalue weighted by Gasteiger charge is -2.34. The van der Waals surface area contributed by atoms with E-state index in [2.05, 4.69) is 22.0 Å². The summed E-state index contributed by atoms with van der Waals surface area (Å²) in [5.41, 5.74) is 1.16. The molecule has 0 saturated carbocycles. The number of amides is 2. The Morgan fingerprint density at radius 3 is 2.34 bits per heavy atom. The van der Waals surface area contributed by atoms with E-state index in [1.165, 1.54) is 4.90 Å². The second-order valence-electron chi connectivity index (χ2n) is 9.37. The molecule has 0 spiro atoms. The fraction of sp³-hybridized carbons (Fsp3) is 0.444. The number of ether oxygens (including phenoxy) is 1. The van der Waals surface area contributed by atoms with Crippen LogP contribution in [0.3, 0.4) is 0 Å². The van der Waals surface area contributed by atoms with Crippen LogP contribution in [0.2, 0.25) is 10.0 Å². The number of halogens is 2. The first-order valence-corrected chi connectivity index (χ1v) is 14.0. The van der Waals surface area contributed by atoms with Gasteiger partial charge >= 0.3 is 0 Å². The van der Waals surface area contributed by atoms with Gasteiger partial charge in [-0.15, -0.1) is 0 Å². The predicted octanol–water partition coefficient (Wildman–Crippen LogP) is 4.36. The molecule has 2 amide bonds. The Morgan fingerprint density at radius 2 is 1.71 bits per heavy atom. The zero-order valence-corrected chi connectivity index (χ0v) is 24.0. The number of benzene rings is 2. The van der Waals surface area contributed by atoms with Crippen LogP contribution in [-0.4, -0.2) is 90.6 Å². The van der Waals surface area contributed by atoms with E-state index in [9.17, 15) is 9.59 Å². The van der Waals surface area contributed by atoms with Crippen LogP contribution in [0.1, 0.15) is 19.8 Å². The van der Waals surface area contributed by atoms with Crippen molar-refractivity contribution in [1.29, 1.82) is 0 Å². The van der Waals surface area contributed by atoms with Gasteiger partial charge in [-0.25, -0.2) is 0 Å². The second kappa shape index (κ2) is 13.1. The lowest BCUT2D eigenvalue weighted by Crippen LogP contribution is -2.47. The normalized spacial score (nSPS) is 18.8. The quantitative estimate of drug-likeness (QED) is 0.421. The molecule has 1 N–H and O–H groups in total. The van der Waals surface area contributed by atoms with Gasteiger partial charge in [0.15, 0.2) is 5.11 Å². The van der Waals surface area contributed by atoms with E-state index in [-0.39, 0.29) is 18.2 Å². The molecule has 1 unspecified atom stereocenters. The molecule has 2 aliphatic heterocycles. The van der Waals surface area contributed by atoms with Crippen molar-refractivity contribution in [3.63, 3.8) is 0 Å². The highest BCUT2D eigenvalue weighted by atomic mass is 35.5. The van der Waals surface area contributed by atoms with Crippen LogP contribution in [0, 0.1) is 0 Å². The van der Waals surface area contributed by atoms with E-state index in [1.807, 2.05) is 4.90 Å². The Labute approximate surface area is 239 Å². The van der Waals surface area contributed by atoms with Crippen molar-refractivity contribution in [2.24, 2.45) is 0 Å². The minimum atomic E-state index is -0.716. The number of thiocarbonyl (C=S) groups is 1. The predicted molar refractivity (Wildman–Crippen MR) is 156 cm³/mol. The minimum absolute atomic E-state index is 0.0298. The van der Waals surface area contributed by atoms with E-state index in [4.69, 9.17) is 40.2 Å². The summed E-state index contributed by atoms with van der Waals surface area (Å²) in [7, 11) is 1.58. The molecular formula is C27H33Cl2N5O3S. The Hall–Kier alpha value is -2.43. The summed E-state index contributed by atoms with van der Waals surface area (Å²) < 4.78 is 5.18. The van der Waals surface area contributed by atoms with E-state index in [0.29, 0.717) is 38.8 Å². The molecule has 2 aromatic carbocycles. The average molecular weight is 579 g/mol. The Balaban J connectivity index is 1.46. The van der Waals surface area contributed by atoms with Gasteiger partial charge < -0.3 is 24.8 Å². The zero-order valence-electron chi connectivity index (χ0n) is 21.7. The molecular weight excluding hydrogens is 545 g/mol. The lowest BCUT2D eigenvalue weighted by molar-refractivity contribution is -0.124. The maximum atomic E-state index is 13.6. The van der Waals surface area contributed by atoms with E-state index in [1.54, 1.807) is 49.6 Å². The van der Waals surface area contributed by atoms with Crippen LogP contribution in [0.4, 0.5) is 11.4 Å². The Bertz CT molecular complexity index is 1160. The van der Waals surface area contributed by atoms with Gasteiger partial charge in [-0.1, -0.05) is 30.1 Å². The first-order chi connectivity index (χ1) is 18.3. The van der Waals surface area contributed by atoms with Gasteiger partial charge in [0.2, 0.25) is 5.91 Å². The topological polar surface area (TPSA) is 68.4 Å². The lowest BCUT2D eigenvalue weighted by atomic mass is 10.1. The van der Waals surface area contributed by atoms with Gasteiger partial charge in [0.1, 0.15) is 11.8 Å². The number of hydrogen-bond donors (Lipinski definition) is 1. The summed E-state index contributed by atoms with van der Waals surface area (Å²) in [6, 6.07) is 11.3. The summed E-state index contributed by atoms with van der Waals surface area (Å²) in [5, 5.41) is 3.97. The summed E-state index contributed by atoms with van der Waals surface area (Å²) in [5.74, 6) is 0.168. The summed E-state index contributed by atoms with van der Waals surface area (Å²) in [6.07, 6.45) is 0.795. The number of anilines is 2. The highest BCUT2D eigenvalue weighted by molar-refractivity contribution is 7.80. The van der Waals surface area contributed by atoms with Crippen molar-refractivity contribution in [3.05, 3.63) is 52.5 Å². The fourth-order valence-corrected chi connectivity index (χ4v) is 5.51. The number of carbonyl (C=O) groups is 2. The molecule has 204 valence electrons. The number of carbonyl (C=O) groups excluding carboxylic acids is 2. The van der Waals surface area contributed by atoms with Crippen molar-refractivity contribution < 1.29 is 14.3 Å².